The topological polar surface area (TPSA) is 43.4 Å². The number of anilines is 2. The maximum atomic E-state index is 6.64. The first-order valence-electron chi connectivity index (χ1n) is 16.3. The second kappa shape index (κ2) is 10.6. The smallest absolute Gasteiger partial charge is 0.526 e. The van der Waals surface area contributed by atoms with Crippen LogP contribution in [-0.4, -0.2) is 16.6 Å². The van der Waals surface area contributed by atoms with Crippen molar-refractivity contribution in [1.29, 1.82) is 0 Å². The summed E-state index contributed by atoms with van der Waals surface area (Å²) in [5.74, 6) is 3.03. The zero-order chi connectivity index (χ0) is 32.6. The van der Waals surface area contributed by atoms with Gasteiger partial charge in [-0.05, 0) is 79.0 Å². The van der Waals surface area contributed by atoms with Gasteiger partial charge in [0.15, 0.2) is 5.82 Å². The molecule has 5 aromatic carbocycles. The van der Waals surface area contributed by atoms with Crippen LogP contribution in [0.25, 0.3) is 22.4 Å². The molecule has 0 N–H and O–H groups in total. The van der Waals surface area contributed by atoms with Crippen LogP contribution in [0.3, 0.4) is 0 Å². The molecular formula is C41H33BN4O2. The summed E-state index contributed by atoms with van der Waals surface area (Å²) in [7, 11) is -0.347. The lowest BCUT2D eigenvalue weighted by Crippen LogP contribution is -2.49. The minimum atomic E-state index is -0.347. The van der Waals surface area contributed by atoms with E-state index in [1.165, 1.54) is 22.3 Å². The number of fused-ring (bicyclic) bond motifs is 3. The molecule has 2 aliphatic rings. The highest BCUT2D eigenvalue weighted by Crippen LogP contribution is 2.45. The molecule has 232 valence electrons. The Bertz CT molecular complexity index is 2360. The molecule has 7 heteroatoms. The highest BCUT2D eigenvalue weighted by molar-refractivity contribution is 6.75. The molecule has 2 aliphatic heterocycles. The summed E-state index contributed by atoms with van der Waals surface area (Å²) in [4.78, 5) is 6.90. The van der Waals surface area contributed by atoms with E-state index in [4.69, 9.17) is 14.4 Å². The number of aromatic nitrogens is 3. The summed E-state index contributed by atoms with van der Waals surface area (Å²) < 4.78 is 17.6. The van der Waals surface area contributed by atoms with E-state index in [0.29, 0.717) is 0 Å². The molecule has 0 fully saturated rings. The molecule has 0 radical (unpaired) electrons. The van der Waals surface area contributed by atoms with Crippen molar-refractivity contribution >= 4 is 35.1 Å². The number of nitrogens with zero attached hydrogens (tertiary/aromatic N) is 4. The molecule has 2 aromatic heterocycles. The third kappa shape index (κ3) is 4.27. The number of benzene rings is 5. The molecule has 0 saturated carbocycles. The zero-order valence-electron chi connectivity index (χ0n) is 27.3. The molecule has 0 spiro atoms. The summed E-state index contributed by atoms with van der Waals surface area (Å²) in [6.07, 6.45) is 5.48. The maximum absolute atomic E-state index is 6.64. The molecule has 0 amide bonds. The van der Waals surface area contributed by atoms with Crippen LogP contribution in [0, 0.1) is 20.2 Å². The second-order valence-electron chi connectivity index (χ2n) is 13.2. The Labute approximate surface area is 280 Å². The van der Waals surface area contributed by atoms with Crippen LogP contribution in [0.15, 0.2) is 128 Å². The quantitative estimate of drug-likeness (QED) is 0.110. The SMILES string of the molecule is Cc1cccc(C)c1B1Oc2cccnc2N1c1cccc(Oc2ccc3c(c2)-n2[c-][n+](-c4ccccc4)c4cccc(c42)C3(C)C)c1. The first kappa shape index (κ1) is 28.4. The van der Waals surface area contributed by atoms with Crippen molar-refractivity contribution in [2.24, 2.45) is 0 Å². The van der Waals surface area contributed by atoms with Crippen LogP contribution in [0.5, 0.6) is 17.2 Å². The zero-order valence-corrected chi connectivity index (χ0v) is 27.3. The molecule has 0 bridgehead atoms. The van der Waals surface area contributed by atoms with Crippen molar-refractivity contribution in [2.75, 3.05) is 4.81 Å². The van der Waals surface area contributed by atoms with Crippen molar-refractivity contribution in [2.45, 2.75) is 33.1 Å². The third-order valence-corrected chi connectivity index (χ3v) is 9.82. The Morgan fingerprint density at radius 3 is 2.38 bits per heavy atom. The Balaban J connectivity index is 1.12. The lowest BCUT2D eigenvalue weighted by atomic mass is 9.67. The monoisotopic (exact) mass is 624 g/mol. The van der Waals surface area contributed by atoms with Crippen molar-refractivity contribution in [3.05, 3.63) is 156 Å². The molecule has 48 heavy (non-hydrogen) atoms. The lowest BCUT2D eigenvalue weighted by Gasteiger charge is -2.34. The van der Waals surface area contributed by atoms with Crippen molar-refractivity contribution in [3.63, 3.8) is 0 Å². The van der Waals surface area contributed by atoms with E-state index in [0.717, 1.165) is 56.6 Å². The maximum Gasteiger partial charge on any atom is 0.526 e. The number of hydrogen-bond acceptors (Lipinski definition) is 4. The van der Waals surface area contributed by atoms with Gasteiger partial charge in [-0.2, -0.15) is 0 Å². The van der Waals surface area contributed by atoms with Crippen molar-refractivity contribution < 1.29 is 14.0 Å². The largest absolute Gasteiger partial charge is 0.535 e. The Morgan fingerprint density at radius 2 is 1.54 bits per heavy atom. The minimum absolute atomic E-state index is 0.205. The van der Waals surface area contributed by atoms with Gasteiger partial charge < -0.3 is 14.2 Å². The summed E-state index contributed by atoms with van der Waals surface area (Å²) in [5.41, 5.74) is 11.1. The summed E-state index contributed by atoms with van der Waals surface area (Å²) in [5, 5.41) is 0. The van der Waals surface area contributed by atoms with Gasteiger partial charge in [0.05, 0.1) is 22.4 Å². The fraction of sp³-hybridized carbons (Fsp3) is 0.122. The van der Waals surface area contributed by atoms with Crippen LogP contribution in [0.2, 0.25) is 0 Å². The van der Waals surface area contributed by atoms with Crippen LogP contribution in [0.4, 0.5) is 11.5 Å². The van der Waals surface area contributed by atoms with Crippen LogP contribution in [-0.2, 0) is 5.41 Å². The number of para-hydroxylation sites is 2. The average molecular weight is 625 g/mol. The van der Waals surface area contributed by atoms with Crippen LogP contribution in [0.1, 0.15) is 36.1 Å². The highest BCUT2D eigenvalue weighted by Gasteiger charge is 2.42. The van der Waals surface area contributed by atoms with E-state index in [1.807, 2.05) is 36.5 Å². The molecule has 6 nitrogen and oxygen atoms in total. The standard InChI is InChI=1S/C41H33BN4O2/c1-27-12-8-13-28(2)38(27)42-46(40-37(48-42)20-11-23-43-40)30-16-9-17-31(24-30)47-32-21-22-33-36(25-32)45-26-44(29-14-6-5-7-15-29)35-19-10-18-34(39(35)45)41(33,3)4/h5-25H,1-4H3. The van der Waals surface area contributed by atoms with Crippen LogP contribution >= 0.6 is 0 Å². The van der Waals surface area contributed by atoms with Crippen LogP contribution < -0.4 is 24.2 Å². The van der Waals surface area contributed by atoms with Gasteiger partial charge in [-0.3, -0.25) is 9.13 Å². The number of pyridine rings is 1. The Hall–Kier alpha value is -5.82. The van der Waals surface area contributed by atoms with Crippen molar-refractivity contribution in [3.8, 4) is 28.6 Å². The van der Waals surface area contributed by atoms with E-state index in [1.54, 1.807) is 0 Å². The van der Waals surface area contributed by atoms with Gasteiger partial charge in [0.2, 0.25) is 0 Å². The van der Waals surface area contributed by atoms with Gasteiger partial charge in [-0.15, -0.1) is 0 Å². The predicted molar refractivity (Wildman–Crippen MR) is 191 cm³/mol. The van der Waals surface area contributed by atoms with Gasteiger partial charge >= 0.3 is 7.05 Å². The van der Waals surface area contributed by atoms with E-state index >= 15 is 0 Å². The molecule has 4 heterocycles. The fourth-order valence-corrected chi connectivity index (χ4v) is 7.47. The van der Waals surface area contributed by atoms with Gasteiger partial charge in [0.1, 0.15) is 17.2 Å². The van der Waals surface area contributed by atoms with E-state index in [-0.39, 0.29) is 12.5 Å². The summed E-state index contributed by atoms with van der Waals surface area (Å²) >= 11 is 0. The second-order valence-corrected chi connectivity index (χ2v) is 13.2. The Kier molecular flexibility index (Phi) is 6.28. The molecule has 0 unspecified atom stereocenters. The predicted octanol–water partition coefficient (Wildman–Crippen LogP) is 8.08. The molecule has 0 saturated heterocycles. The fourth-order valence-electron chi connectivity index (χ4n) is 7.47. The van der Waals surface area contributed by atoms with Gasteiger partial charge in [-0.1, -0.05) is 91.7 Å². The Morgan fingerprint density at radius 1 is 0.771 bits per heavy atom. The molecule has 9 rings (SSSR count). The number of aryl methyl sites for hydroxylation is 2. The number of ether oxygens (including phenoxy) is 1. The van der Waals surface area contributed by atoms with Crippen molar-refractivity contribution in [1.82, 2.24) is 9.55 Å². The molecule has 7 aromatic rings. The van der Waals surface area contributed by atoms with E-state index in [2.05, 4.69) is 139 Å². The summed E-state index contributed by atoms with van der Waals surface area (Å²) in [6, 6.07) is 41.8. The normalized spacial score (nSPS) is 14.1. The van der Waals surface area contributed by atoms with Gasteiger partial charge in [0.25, 0.3) is 6.33 Å². The van der Waals surface area contributed by atoms with Gasteiger partial charge in [-0.25, -0.2) is 4.98 Å². The number of rotatable bonds is 5. The molecular weight excluding hydrogens is 591 g/mol. The minimum Gasteiger partial charge on any atom is -0.535 e. The van der Waals surface area contributed by atoms with Gasteiger partial charge in [0, 0.05) is 23.4 Å². The number of imidazole rings is 1. The number of hydrogen-bond donors (Lipinski definition) is 0. The van der Waals surface area contributed by atoms with E-state index in [9.17, 15) is 0 Å². The summed E-state index contributed by atoms with van der Waals surface area (Å²) in [6.45, 7) is 8.86. The first-order valence-corrected chi connectivity index (χ1v) is 16.3. The lowest BCUT2D eigenvalue weighted by molar-refractivity contribution is -0.572. The third-order valence-electron chi connectivity index (χ3n) is 9.82. The molecule has 0 aliphatic carbocycles. The average Bonchev–Trinajstić information content (AvgIpc) is 3.68. The van der Waals surface area contributed by atoms with E-state index < -0.39 is 0 Å². The first-order chi connectivity index (χ1) is 23.4. The highest BCUT2D eigenvalue weighted by atomic mass is 16.5. The molecule has 0 atom stereocenters.